The third kappa shape index (κ3) is 3.21. The molecule has 1 aliphatic carbocycles. The molecule has 19 heavy (non-hydrogen) atoms. The van der Waals surface area contributed by atoms with Crippen molar-refractivity contribution in [1.29, 1.82) is 0 Å². The number of rotatable bonds is 3. The molecule has 0 aliphatic heterocycles. The first-order valence-electron chi connectivity index (χ1n) is 6.35. The van der Waals surface area contributed by atoms with Crippen molar-refractivity contribution >= 4 is 39.0 Å². The summed E-state index contributed by atoms with van der Waals surface area (Å²) in [5.41, 5.74) is 7.27. The molecule has 1 atom stereocenters. The molecule has 1 unspecified atom stereocenters. The van der Waals surface area contributed by atoms with Gasteiger partial charge in [-0.25, -0.2) is 4.98 Å². The van der Waals surface area contributed by atoms with Gasteiger partial charge in [0.05, 0.1) is 11.4 Å². The summed E-state index contributed by atoms with van der Waals surface area (Å²) in [5, 5.41) is 1.20. The van der Waals surface area contributed by atoms with Crippen molar-refractivity contribution in [3.63, 3.8) is 0 Å². The summed E-state index contributed by atoms with van der Waals surface area (Å²) in [5.74, 6) is 0.937. The average Bonchev–Trinajstić information content (AvgIpc) is 2.83. The Labute approximate surface area is 129 Å². The SMILES string of the molecule is NC1CCCc2sc(CSc3ccc(Br)cc3)nc21. The lowest BCUT2D eigenvalue weighted by atomic mass is 9.99. The lowest BCUT2D eigenvalue weighted by molar-refractivity contribution is 0.563. The highest BCUT2D eigenvalue weighted by molar-refractivity contribution is 9.10. The molecule has 5 heteroatoms. The van der Waals surface area contributed by atoms with Crippen LogP contribution in [0.3, 0.4) is 0 Å². The van der Waals surface area contributed by atoms with Crippen LogP contribution in [0.2, 0.25) is 0 Å². The van der Waals surface area contributed by atoms with E-state index in [0.717, 1.165) is 28.8 Å². The molecule has 0 radical (unpaired) electrons. The van der Waals surface area contributed by atoms with Crippen LogP contribution >= 0.6 is 39.0 Å². The van der Waals surface area contributed by atoms with Crippen LogP contribution in [-0.2, 0) is 12.2 Å². The molecule has 0 saturated heterocycles. The highest BCUT2D eigenvalue weighted by Gasteiger charge is 2.21. The molecule has 3 rings (SSSR count). The second-order valence-corrected chi connectivity index (χ2v) is 7.79. The van der Waals surface area contributed by atoms with E-state index >= 15 is 0 Å². The molecule has 0 fully saturated rings. The Morgan fingerprint density at radius 3 is 2.89 bits per heavy atom. The van der Waals surface area contributed by atoms with E-state index in [-0.39, 0.29) is 6.04 Å². The number of halogens is 1. The Morgan fingerprint density at radius 2 is 2.16 bits per heavy atom. The Balaban J connectivity index is 1.69. The van der Waals surface area contributed by atoms with E-state index in [1.807, 2.05) is 23.1 Å². The summed E-state index contributed by atoms with van der Waals surface area (Å²) in [6.07, 6.45) is 3.44. The molecule has 1 aliphatic rings. The van der Waals surface area contributed by atoms with E-state index in [0.29, 0.717) is 0 Å². The summed E-state index contributed by atoms with van der Waals surface area (Å²) in [4.78, 5) is 7.41. The van der Waals surface area contributed by atoms with Gasteiger partial charge in [0.25, 0.3) is 0 Å². The maximum absolute atomic E-state index is 6.12. The minimum Gasteiger partial charge on any atom is -0.323 e. The van der Waals surface area contributed by atoms with Crippen LogP contribution in [0.5, 0.6) is 0 Å². The predicted molar refractivity (Wildman–Crippen MR) is 85.7 cm³/mol. The largest absolute Gasteiger partial charge is 0.323 e. The van der Waals surface area contributed by atoms with Gasteiger partial charge in [-0.15, -0.1) is 23.1 Å². The standard InChI is InChI=1S/C14H15BrN2S2/c15-9-4-6-10(7-5-9)18-8-13-17-14-11(16)2-1-3-12(14)19-13/h4-7,11H,1-3,8,16H2. The smallest absolute Gasteiger partial charge is 0.103 e. The number of nitrogens with zero attached hydrogens (tertiary/aromatic N) is 1. The molecular formula is C14H15BrN2S2. The van der Waals surface area contributed by atoms with Crippen LogP contribution < -0.4 is 5.73 Å². The van der Waals surface area contributed by atoms with E-state index in [2.05, 4.69) is 40.2 Å². The normalized spacial score (nSPS) is 18.3. The monoisotopic (exact) mass is 354 g/mol. The Hall–Kier alpha value is -0.360. The van der Waals surface area contributed by atoms with Crippen LogP contribution in [0, 0.1) is 0 Å². The van der Waals surface area contributed by atoms with Gasteiger partial charge in [0.1, 0.15) is 5.01 Å². The molecule has 1 aromatic heterocycles. The Morgan fingerprint density at radius 1 is 1.37 bits per heavy atom. The van der Waals surface area contributed by atoms with Gasteiger partial charge in [-0.3, -0.25) is 0 Å². The van der Waals surface area contributed by atoms with E-state index < -0.39 is 0 Å². The number of nitrogens with two attached hydrogens (primary N) is 1. The van der Waals surface area contributed by atoms with Crippen molar-refractivity contribution < 1.29 is 0 Å². The van der Waals surface area contributed by atoms with Gasteiger partial charge < -0.3 is 5.73 Å². The number of aryl methyl sites for hydroxylation is 1. The molecule has 100 valence electrons. The van der Waals surface area contributed by atoms with Gasteiger partial charge in [-0.05, 0) is 43.5 Å². The molecule has 0 amide bonds. The van der Waals surface area contributed by atoms with Gasteiger partial charge in [0, 0.05) is 20.3 Å². The fourth-order valence-electron chi connectivity index (χ4n) is 2.24. The summed E-state index contributed by atoms with van der Waals surface area (Å²) in [7, 11) is 0. The first-order chi connectivity index (χ1) is 9.22. The molecule has 0 saturated carbocycles. The molecule has 2 N–H and O–H groups in total. The Bertz CT molecular complexity index is 565. The highest BCUT2D eigenvalue weighted by atomic mass is 79.9. The number of aromatic nitrogens is 1. The quantitative estimate of drug-likeness (QED) is 0.822. The number of hydrogen-bond donors (Lipinski definition) is 1. The van der Waals surface area contributed by atoms with Crippen molar-refractivity contribution in [2.24, 2.45) is 5.73 Å². The number of benzene rings is 1. The third-order valence-corrected chi connectivity index (χ3v) is 6.08. The van der Waals surface area contributed by atoms with Crippen LogP contribution in [0.4, 0.5) is 0 Å². The molecule has 2 nitrogen and oxygen atoms in total. The lowest BCUT2D eigenvalue weighted by Crippen LogP contribution is -2.16. The van der Waals surface area contributed by atoms with Gasteiger partial charge in [-0.2, -0.15) is 0 Å². The van der Waals surface area contributed by atoms with Crippen molar-refractivity contribution in [2.45, 2.75) is 36.0 Å². The maximum atomic E-state index is 6.12. The van der Waals surface area contributed by atoms with Gasteiger partial charge >= 0.3 is 0 Å². The summed E-state index contributed by atoms with van der Waals surface area (Å²) in [6.45, 7) is 0. The topological polar surface area (TPSA) is 38.9 Å². The average molecular weight is 355 g/mol. The van der Waals surface area contributed by atoms with Gasteiger partial charge in [0.15, 0.2) is 0 Å². The van der Waals surface area contributed by atoms with Crippen LogP contribution in [0.15, 0.2) is 33.6 Å². The fourth-order valence-corrected chi connectivity index (χ4v) is 4.58. The molecule has 1 aromatic carbocycles. The zero-order valence-corrected chi connectivity index (χ0v) is 13.7. The van der Waals surface area contributed by atoms with Gasteiger partial charge in [-0.1, -0.05) is 15.9 Å². The van der Waals surface area contributed by atoms with Crippen molar-refractivity contribution in [1.82, 2.24) is 4.98 Å². The lowest BCUT2D eigenvalue weighted by Gasteiger charge is -2.15. The van der Waals surface area contributed by atoms with Crippen LogP contribution in [-0.4, -0.2) is 4.98 Å². The summed E-state index contributed by atoms with van der Waals surface area (Å²) < 4.78 is 1.12. The Kier molecular flexibility index (Phi) is 4.27. The van der Waals surface area contributed by atoms with E-state index in [1.54, 1.807) is 0 Å². The van der Waals surface area contributed by atoms with Crippen molar-refractivity contribution in [3.8, 4) is 0 Å². The predicted octanol–water partition coefficient (Wildman–Crippen LogP) is 4.53. The fraction of sp³-hybridized carbons (Fsp3) is 0.357. The number of thiazole rings is 1. The highest BCUT2D eigenvalue weighted by Crippen LogP contribution is 2.34. The second-order valence-electron chi connectivity index (χ2n) is 4.66. The van der Waals surface area contributed by atoms with Crippen molar-refractivity contribution in [3.05, 3.63) is 44.3 Å². The second kappa shape index (κ2) is 5.95. The van der Waals surface area contributed by atoms with Crippen LogP contribution in [0.25, 0.3) is 0 Å². The third-order valence-electron chi connectivity index (χ3n) is 3.22. The first kappa shape index (κ1) is 13.6. The molecule has 1 heterocycles. The number of hydrogen-bond acceptors (Lipinski definition) is 4. The number of fused-ring (bicyclic) bond motifs is 1. The van der Waals surface area contributed by atoms with Gasteiger partial charge in [0.2, 0.25) is 0 Å². The molecule has 0 spiro atoms. The molecular weight excluding hydrogens is 340 g/mol. The summed E-state index contributed by atoms with van der Waals surface area (Å²) >= 11 is 7.13. The minimum absolute atomic E-state index is 0.159. The van der Waals surface area contributed by atoms with Crippen molar-refractivity contribution in [2.75, 3.05) is 0 Å². The molecule has 2 aromatic rings. The zero-order chi connectivity index (χ0) is 13.2. The van der Waals surface area contributed by atoms with E-state index in [1.165, 1.54) is 21.2 Å². The maximum Gasteiger partial charge on any atom is 0.103 e. The van der Waals surface area contributed by atoms with E-state index in [9.17, 15) is 0 Å². The summed E-state index contributed by atoms with van der Waals surface area (Å²) in [6, 6.07) is 8.57. The zero-order valence-electron chi connectivity index (χ0n) is 10.4. The van der Waals surface area contributed by atoms with Crippen LogP contribution in [0.1, 0.15) is 34.5 Å². The number of thioether (sulfide) groups is 1. The minimum atomic E-state index is 0.159. The van der Waals surface area contributed by atoms with E-state index in [4.69, 9.17) is 10.7 Å². The molecule has 0 bridgehead atoms. The first-order valence-corrected chi connectivity index (χ1v) is 8.94.